The second-order valence-corrected chi connectivity index (χ2v) is 5.39. The molecule has 0 aromatic carbocycles. The Labute approximate surface area is 114 Å². The average Bonchev–Trinajstić information content (AvgIpc) is 2.48. The van der Waals surface area contributed by atoms with Crippen LogP contribution in [-0.4, -0.2) is 53.4 Å². The van der Waals surface area contributed by atoms with E-state index >= 15 is 0 Å². The Morgan fingerprint density at radius 1 is 1.42 bits per heavy atom. The van der Waals surface area contributed by atoms with Gasteiger partial charge in [-0.15, -0.1) is 0 Å². The topological polar surface area (TPSA) is 62.5 Å². The lowest BCUT2D eigenvalue weighted by Crippen LogP contribution is -2.42. The molecule has 5 heteroatoms. The van der Waals surface area contributed by atoms with E-state index < -0.39 is 0 Å². The molecular formula is C14H22N4O. The van der Waals surface area contributed by atoms with Gasteiger partial charge in [0.1, 0.15) is 5.82 Å². The standard InChI is InChI=1S/C14H22N4O/c1-10-7-12(8-13(15)16-10)14(19)18-6-4-5-17(3)9-11(18)2/h7-8,11H,4-6,9H2,1-3H3,(H2,15,16). The van der Waals surface area contributed by atoms with E-state index in [2.05, 4.69) is 23.9 Å². The Morgan fingerprint density at radius 2 is 2.16 bits per heavy atom. The van der Waals surface area contributed by atoms with Crippen LogP contribution in [0, 0.1) is 6.92 Å². The molecule has 1 saturated heterocycles. The fraction of sp³-hybridized carbons (Fsp3) is 0.571. The molecule has 1 aliphatic rings. The number of likely N-dealkylation sites (N-methyl/N-ethyl adjacent to an activating group) is 1. The summed E-state index contributed by atoms with van der Waals surface area (Å²) in [5.41, 5.74) is 7.14. The van der Waals surface area contributed by atoms with E-state index in [1.54, 1.807) is 12.1 Å². The predicted octanol–water partition coefficient (Wildman–Crippen LogP) is 1.14. The van der Waals surface area contributed by atoms with Gasteiger partial charge in [0.2, 0.25) is 0 Å². The van der Waals surface area contributed by atoms with Crippen molar-refractivity contribution in [3.8, 4) is 0 Å². The summed E-state index contributed by atoms with van der Waals surface area (Å²) in [5, 5.41) is 0. The summed E-state index contributed by atoms with van der Waals surface area (Å²) in [6, 6.07) is 3.69. The monoisotopic (exact) mass is 262 g/mol. The summed E-state index contributed by atoms with van der Waals surface area (Å²) in [5.74, 6) is 0.461. The minimum Gasteiger partial charge on any atom is -0.384 e. The first kappa shape index (κ1) is 13.8. The lowest BCUT2D eigenvalue weighted by molar-refractivity contribution is 0.0696. The molecular weight excluding hydrogens is 240 g/mol. The third-order valence-corrected chi connectivity index (χ3v) is 3.53. The van der Waals surface area contributed by atoms with Gasteiger partial charge in [-0.1, -0.05) is 0 Å². The van der Waals surface area contributed by atoms with Crippen LogP contribution in [0.5, 0.6) is 0 Å². The first-order valence-electron chi connectivity index (χ1n) is 6.71. The molecule has 0 spiro atoms. The lowest BCUT2D eigenvalue weighted by atomic mass is 10.1. The largest absolute Gasteiger partial charge is 0.384 e. The molecule has 1 unspecified atom stereocenters. The van der Waals surface area contributed by atoms with E-state index in [1.165, 1.54) is 0 Å². The number of rotatable bonds is 1. The third kappa shape index (κ3) is 3.23. The van der Waals surface area contributed by atoms with Gasteiger partial charge in [0.15, 0.2) is 0 Å². The summed E-state index contributed by atoms with van der Waals surface area (Å²) in [4.78, 5) is 20.9. The maximum Gasteiger partial charge on any atom is 0.254 e. The quantitative estimate of drug-likeness (QED) is 0.824. The number of aromatic nitrogens is 1. The zero-order valence-electron chi connectivity index (χ0n) is 11.9. The highest BCUT2D eigenvalue weighted by molar-refractivity contribution is 5.95. The van der Waals surface area contributed by atoms with E-state index in [4.69, 9.17) is 5.73 Å². The van der Waals surface area contributed by atoms with Gasteiger partial charge in [-0.25, -0.2) is 4.98 Å². The number of carbonyl (C=O) groups excluding carboxylic acids is 1. The molecule has 1 aromatic heterocycles. The van der Waals surface area contributed by atoms with Crippen LogP contribution in [0.25, 0.3) is 0 Å². The Hall–Kier alpha value is -1.62. The van der Waals surface area contributed by atoms with Gasteiger partial charge in [0, 0.05) is 30.4 Å². The summed E-state index contributed by atoms with van der Waals surface area (Å²) in [6.07, 6.45) is 1.01. The molecule has 2 N–H and O–H groups in total. The van der Waals surface area contributed by atoms with E-state index in [-0.39, 0.29) is 11.9 Å². The van der Waals surface area contributed by atoms with Crippen molar-refractivity contribution in [2.24, 2.45) is 0 Å². The fourth-order valence-electron chi connectivity index (χ4n) is 2.66. The van der Waals surface area contributed by atoms with Crippen LogP contribution in [0.3, 0.4) is 0 Å². The summed E-state index contributed by atoms with van der Waals surface area (Å²) in [7, 11) is 2.10. The van der Waals surface area contributed by atoms with Crippen molar-refractivity contribution >= 4 is 11.7 Å². The molecule has 104 valence electrons. The maximum atomic E-state index is 12.6. The number of amides is 1. The van der Waals surface area contributed by atoms with Gasteiger partial charge >= 0.3 is 0 Å². The highest BCUT2D eigenvalue weighted by Gasteiger charge is 2.25. The van der Waals surface area contributed by atoms with E-state index in [9.17, 15) is 4.79 Å². The normalized spacial score (nSPS) is 21.2. The molecule has 2 rings (SSSR count). The molecule has 1 aromatic rings. The Kier molecular flexibility index (Phi) is 4.04. The highest BCUT2D eigenvalue weighted by Crippen LogP contribution is 2.15. The molecule has 0 saturated carbocycles. The van der Waals surface area contributed by atoms with Crippen LogP contribution in [0.15, 0.2) is 12.1 Å². The number of aryl methyl sites for hydroxylation is 1. The zero-order valence-corrected chi connectivity index (χ0v) is 11.9. The van der Waals surface area contributed by atoms with Crippen molar-refractivity contribution < 1.29 is 4.79 Å². The first-order chi connectivity index (χ1) is 8.97. The van der Waals surface area contributed by atoms with Crippen LogP contribution in [0.4, 0.5) is 5.82 Å². The average molecular weight is 262 g/mol. The fourth-order valence-corrected chi connectivity index (χ4v) is 2.66. The number of carbonyl (C=O) groups is 1. The van der Waals surface area contributed by atoms with Crippen LogP contribution >= 0.6 is 0 Å². The zero-order chi connectivity index (χ0) is 14.0. The SMILES string of the molecule is Cc1cc(C(=O)N2CCCN(C)CC2C)cc(N)n1. The number of pyridine rings is 1. The van der Waals surface area contributed by atoms with Crippen LogP contribution < -0.4 is 5.73 Å². The van der Waals surface area contributed by atoms with Crippen molar-refractivity contribution in [2.45, 2.75) is 26.3 Å². The Morgan fingerprint density at radius 3 is 2.84 bits per heavy atom. The number of nitrogens with two attached hydrogens (primary N) is 1. The van der Waals surface area contributed by atoms with Crippen LogP contribution in [-0.2, 0) is 0 Å². The van der Waals surface area contributed by atoms with E-state index in [1.807, 2.05) is 11.8 Å². The second-order valence-electron chi connectivity index (χ2n) is 5.39. The van der Waals surface area contributed by atoms with Crippen LogP contribution in [0.2, 0.25) is 0 Å². The summed E-state index contributed by atoms with van der Waals surface area (Å²) in [6.45, 7) is 6.69. The molecule has 0 bridgehead atoms. The molecule has 1 amide bonds. The Bertz CT molecular complexity index is 454. The summed E-state index contributed by atoms with van der Waals surface area (Å²) < 4.78 is 0. The minimum atomic E-state index is 0.0556. The Balaban J connectivity index is 2.22. The highest BCUT2D eigenvalue weighted by atomic mass is 16.2. The van der Waals surface area contributed by atoms with Gasteiger partial charge in [-0.3, -0.25) is 4.79 Å². The molecule has 0 radical (unpaired) electrons. The summed E-state index contributed by atoms with van der Waals surface area (Å²) >= 11 is 0. The molecule has 1 atom stereocenters. The van der Waals surface area contributed by atoms with Crippen LogP contribution in [0.1, 0.15) is 29.4 Å². The second kappa shape index (κ2) is 5.57. The molecule has 2 heterocycles. The third-order valence-electron chi connectivity index (χ3n) is 3.53. The number of nitrogen functional groups attached to an aromatic ring is 1. The molecule has 5 nitrogen and oxygen atoms in total. The molecule has 1 fully saturated rings. The first-order valence-corrected chi connectivity index (χ1v) is 6.71. The van der Waals surface area contributed by atoms with Gasteiger partial charge in [0.25, 0.3) is 5.91 Å². The molecule has 0 aliphatic carbocycles. The number of nitrogens with zero attached hydrogens (tertiary/aromatic N) is 3. The smallest absolute Gasteiger partial charge is 0.254 e. The van der Waals surface area contributed by atoms with Crippen molar-refractivity contribution in [1.29, 1.82) is 0 Å². The molecule has 19 heavy (non-hydrogen) atoms. The number of anilines is 1. The lowest BCUT2D eigenvalue weighted by Gasteiger charge is -2.28. The van der Waals surface area contributed by atoms with Crippen molar-refractivity contribution in [3.05, 3.63) is 23.4 Å². The predicted molar refractivity (Wildman–Crippen MR) is 76.0 cm³/mol. The number of hydrogen-bond acceptors (Lipinski definition) is 4. The van der Waals surface area contributed by atoms with Gasteiger partial charge in [-0.05, 0) is 46.0 Å². The number of hydrogen-bond donors (Lipinski definition) is 1. The van der Waals surface area contributed by atoms with E-state index in [0.717, 1.165) is 31.7 Å². The minimum absolute atomic E-state index is 0.0556. The van der Waals surface area contributed by atoms with Crippen molar-refractivity contribution in [1.82, 2.24) is 14.8 Å². The van der Waals surface area contributed by atoms with Gasteiger partial charge in [-0.2, -0.15) is 0 Å². The van der Waals surface area contributed by atoms with Crippen molar-refractivity contribution in [2.75, 3.05) is 32.4 Å². The van der Waals surface area contributed by atoms with E-state index in [0.29, 0.717) is 11.4 Å². The van der Waals surface area contributed by atoms with Gasteiger partial charge < -0.3 is 15.5 Å². The van der Waals surface area contributed by atoms with Crippen molar-refractivity contribution in [3.63, 3.8) is 0 Å². The maximum absolute atomic E-state index is 12.6. The van der Waals surface area contributed by atoms with Gasteiger partial charge in [0.05, 0.1) is 0 Å². The molecule has 1 aliphatic heterocycles.